The lowest BCUT2D eigenvalue weighted by Crippen LogP contribution is -2.07. The molecule has 0 saturated carbocycles. The van der Waals surface area contributed by atoms with E-state index >= 15 is 0 Å². The number of methoxy groups -OCH3 is 1. The van der Waals surface area contributed by atoms with E-state index in [0.717, 1.165) is 10.2 Å². The van der Waals surface area contributed by atoms with E-state index in [1.165, 1.54) is 11.8 Å². The second-order valence-electron chi connectivity index (χ2n) is 3.51. The Balaban J connectivity index is 2.54. The van der Waals surface area contributed by atoms with Gasteiger partial charge in [-0.05, 0) is 18.2 Å². The van der Waals surface area contributed by atoms with Crippen LogP contribution in [0.5, 0.6) is 0 Å². The number of ether oxygens (including phenoxy) is 1. The van der Waals surface area contributed by atoms with E-state index in [1.807, 2.05) is 24.3 Å². The highest BCUT2D eigenvalue weighted by molar-refractivity contribution is 9.10. The van der Waals surface area contributed by atoms with Gasteiger partial charge in [0.25, 0.3) is 0 Å². The fraction of sp³-hybridized carbons (Fsp3) is 0.182. The number of carboxylic acids is 1. The molecule has 18 heavy (non-hydrogen) atoms. The number of benzene rings is 1. The van der Waals surface area contributed by atoms with Crippen molar-refractivity contribution in [3.05, 3.63) is 40.1 Å². The molecule has 2 aromatic rings. The summed E-state index contributed by atoms with van der Waals surface area (Å²) in [4.78, 5) is 11.0. The molecule has 6 nitrogen and oxygen atoms in total. The molecule has 1 aromatic carbocycles. The minimum atomic E-state index is -1.12. The van der Waals surface area contributed by atoms with Crippen LogP contribution in [0.3, 0.4) is 0 Å². The van der Waals surface area contributed by atoms with Crippen molar-refractivity contribution in [1.82, 2.24) is 15.0 Å². The number of rotatable bonds is 4. The highest BCUT2D eigenvalue weighted by Crippen LogP contribution is 2.18. The molecule has 0 bridgehead atoms. The van der Waals surface area contributed by atoms with Crippen molar-refractivity contribution in [3.8, 4) is 5.69 Å². The molecule has 0 aliphatic carbocycles. The van der Waals surface area contributed by atoms with Crippen LogP contribution in [-0.4, -0.2) is 33.2 Å². The van der Waals surface area contributed by atoms with Crippen LogP contribution in [0.2, 0.25) is 0 Å². The van der Waals surface area contributed by atoms with Gasteiger partial charge in [0, 0.05) is 11.6 Å². The highest BCUT2D eigenvalue weighted by atomic mass is 79.9. The third-order valence-corrected chi connectivity index (χ3v) is 2.79. The van der Waals surface area contributed by atoms with E-state index in [-0.39, 0.29) is 12.3 Å². The average Bonchev–Trinajstić information content (AvgIpc) is 2.73. The lowest BCUT2D eigenvalue weighted by Gasteiger charge is -2.06. The number of aromatic carboxylic acids is 1. The molecule has 0 fully saturated rings. The van der Waals surface area contributed by atoms with Gasteiger partial charge < -0.3 is 9.84 Å². The first kappa shape index (κ1) is 12.7. The minimum absolute atomic E-state index is 0.100. The van der Waals surface area contributed by atoms with E-state index in [4.69, 9.17) is 9.84 Å². The monoisotopic (exact) mass is 311 g/mol. The van der Waals surface area contributed by atoms with Gasteiger partial charge in [-0.3, -0.25) is 0 Å². The van der Waals surface area contributed by atoms with Crippen LogP contribution < -0.4 is 0 Å². The third-order valence-electron chi connectivity index (χ3n) is 2.30. The predicted octanol–water partition coefficient (Wildman–Crippen LogP) is 1.87. The lowest BCUT2D eigenvalue weighted by atomic mass is 10.3. The van der Waals surface area contributed by atoms with Gasteiger partial charge in [-0.1, -0.05) is 27.2 Å². The lowest BCUT2D eigenvalue weighted by molar-refractivity contribution is 0.0685. The number of nitrogens with zero attached hydrogens (tertiary/aromatic N) is 3. The Kier molecular flexibility index (Phi) is 3.73. The molecule has 0 aliphatic heterocycles. The number of carboxylic acid groups (broad SMARTS) is 1. The summed E-state index contributed by atoms with van der Waals surface area (Å²) in [6.45, 7) is 0.126. The normalized spacial score (nSPS) is 10.6. The molecular formula is C11H10BrN3O3. The van der Waals surface area contributed by atoms with Crippen molar-refractivity contribution in [2.75, 3.05) is 7.11 Å². The summed E-state index contributed by atoms with van der Waals surface area (Å²) in [6.07, 6.45) is 0. The fourth-order valence-corrected chi connectivity index (χ4v) is 1.94. The maximum atomic E-state index is 11.0. The molecule has 0 amide bonds. The highest BCUT2D eigenvalue weighted by Gasteiger charge is 2.19. The summed E-state index contributed by atoms with van der Waals surface area (Å²) in [7, 11) is 1.49. The Morgan fingerprint density at radius 2 is 2.33 bits per heavy atom. The maximum Gasteiger partial charge on any atom is 0.358 e. The van der Waals surface area contributed by atoms with Gasteiger partial charge in [0.15, 0.2) is 5.69 Å². The standard InChI is InChI=1S/C11H10BrN3O3/c1-18-6-9-10(11(16)17)13-14-15(9)8-4-2-3-7(12)5-8/h2-5H,6H2,1H3,(H,16,17). The number of halogens is 1. The van der Waals surface area contributed by atoms with E-state index in [2.05, 4.69) is 26.2 Å². The molecule has 1 aromatic heterocycles. The average molecular weight is 312 g/mol. The van der Waals surface area contributed by atoms with Crippen LogP contribution in [0.15, 0.2) is 28.7 Å². The number of hydrogen-bond donors (Lipinski definition) is 1. The first-order valence-corrected chi connectivity index (χ1v) is 5.85. The molecule has 1 heterocycles. The second kappa shape index (κ2) is 5.28. The fourth-order valence-electron chi connectivity index (χ4n) is 1.55. The molecule has 0 spiro atoms. The van der Waals surface area contributed by atoms with E-state index in [1.54, 1.807) is 0 Å². The number of carbonyl (C=O) groups is 1. The molecule has 0 radical (unpaired) electrons. The van der Waals surface area contributed by atoms with Crippen LogP contribution in [-0.2, 0) is 11.3 Å². The smallest absolute Gasteiger partial charge is 0.358 e. The minimum Gasteiger partial charge on any atom is -0.476 e. The summed E-state index contributed by atoms with van der Waals surface area (Å²) < 4.78 is 7.32. The summed E-state index contributed by atoms with van der Waals surface area (Å²) >= 11 is 3.35. The van der Waals surface area contributed by atoms with Crippen molar-refractivity contribution in [1.29, 1.82) is 0 Å². The second-order valence-corrected chi connectivity index (χ2v) is 4.43. The largest absolute Gasteiger partial charge is 0.476 e. The van der Waals surface area contributed by atoms with Crippen LogP contribution in [0, 0.1) is 0 Å². The zero-order valence-corrected chi connectivity index (χ0v) is 11.1. The van der Waals surface area contributed by atoms with Gasteiger partial charge in [-0.2, -0.15) is 0 Å². The molecule has 0 atom stereocenters. The Labute approximate surface area is 111 Å². The van der Waals surface area contributed by atoms with Crippen LogP contribution in [0.1, 0.15) is 16.2 Å². The summed E-state index contributed by atoms with van der Waals surface area (Å²) in [5.41, 5.74) is 1.02. The van der Waals surface area contributed by atoms with Gasteiger partial charge in [-0.15, -0.1) is 5.10 Å². The van der Waals surface area contributed by atoms with Gasteiger partial charge in [0.1, 0.15) is 5.69 Å². The zero-order chi connectivity index (χ0) is 13.1. The maximum absolute atomic E-state index is 11.0. The van der Waals surface area contributed by atoms with Gasteiger partial charge in [0.05, 0.1) is 12.3 Å². The SMILES string of the molecule is COCc1c(C(=O)O)nnn1-c1cccc(Br)c1. The van der Waals surface area contributed by atoms with Crippen LogP contribution >= 0.6 is 15.9 Å². The quantitative estimate of drug-likeness (QED) is 0.932. The summed E-state index contributed by atoms with van der Waals surface area (Å²) in [5.74, 6) is -1.12. The van der Waals surface area contributed by atoms with Crippen molar-refractivity contribution >= 4 is 21.9 Å². The molecule has 0 aliphatic rings. The molecule has 94 valence electrons. The summed E-state index contributed by atoms with van der Waals surface area (Å²) in [5, 5.41) is 16.5. The first-order valence-electron chi connectivity index (χ1n) is 5.06. The van der Waals surface area contributed by atoms with Crippen molar-refractivity contribution in [2.24, 2.45) is 0 Å². The summed E-state index contributed by atoms with van der Waals surface area (Å²) in [6, 6.07) is 7.33. The Bertz CT molecular complexity index is 583. The molecule has 0 saturated heterocycles. The first-order chi connectivity index (χ1) is 8.63. The molecule has 1 N–H and O–H groups in total. The predicted molar refractivity (Wildman–Crippen MR) is 66.7 cm³/mol. The van der Waals surface area contributed by atoms with Crippen molar-refractivity contribution < 1.29 is 14.6 Å². The molecule has 0 unspecified atom stereocenters. The van der Waals surface area contributed by atoms with E-state index in [9.17, 15) is 4.79 Å². The van der Waals surface area contributed by atoms with Crippen LogP contribution in [0.4, 0.5) is 0 Å². The third kappa shape index (κ3) is 2.41. The zero-order valence-electron chi connectivity index (χ0n) is 9.50. The van der Waals surface area contributed by atoms with Crippen LogP contribution in [0.25, 0.3) is 5.69 Å². The molecular weight excluding hydrogens is 302 g/mol. The topological polar surface area (TPSA) is 77.2 Å². The van der Waals surface area contributed by atoms with E-state index < -0.39 is 5.97 Å². The molecule has 7 heteroatoms. The van der Waals surface area contributed by atoms with Gasteiger partial charge in [0.2, 0.25) is 0 Å². The van der Waals surface area contributed by atoms with Crippen molar-refractivity contribution in [3.63, 3.8) is 0 Å². The Morgan fingerprint density at radius 1 is 1.56 bits per heavy atom. The number of hydrogen-bond acceptors (Lipinski definition) is 4. The van der Waals surface area contributed by atoms with Gasteiger partial charge in [-0.25, -0.2) is 9.48 Å². The van der Waals surface area contributed by atoms with Gasteiger partial charge >= 0.3 is 5.97 Å². The van der Waals surface area contributed by atoms with E-state index in [0.29, 0.717) is 5.69 Å². The Morgan fingerprint density at radius 3 is 2.94 bits per heavy atom. The van der Waals surface area contributed by atoms with Crippen molar-refractivity contribution in [2.45, 2.75) is 6.61 Å². The Hall–Kier alpha value is -1.73. The number of aromatic nitrogens is 3. The molecule has 2 rings (SSSR count).